The SMILES string of the molecule is CCOc1cccc(-c2ccc(CN3CCc4nc(-c5ccncc5)[nH]c(=O)c4C3)cn2)c1. The molecule has 7 nitrogen and oxygen atoms in total. The molecule has 3 aromatic heterocycles. The van der Waals surface area contributed by atoms with Crippen molar-refractivity contribution in [2.24, 2.45) is 0 Å². The van der Waals surface area contributed by atoms with Crippen LogP contribution in [0.3, 0.4) is 0 Å². The van der Waals surface area contributed by atoms with Crippen LogP contribution in [0.15, 0.2) is 71.9 Å². The molecule has 0 radical (unpaired) electrons. The number of hydrogen-bond acceptors (Lipinski definition) is 6. The first-order valence-corrected chi connectivity index (χ1v) is 11.1. The third-order valence-corrected chi connectivity index (χ3v) is 5.77. The monoisotopic (exact) mass is 439 g/mol. The molecule has 5 rings (SSSR count). The summed E-state index contributed by atoms with van der Waals surface area (Å²) in [6.45, 7) is 4.77. The molecular formula is C26H25N5O2. The van der Waals surface area contributed by atoms with Crippen molar-refractivity contribution in [2.75, 3.05) is 13.2 Å². The Morgan fingerprint density at radius 2 is 1.97 bits per heavy atom. The fourth-order valence-electron chi connectivity index (χ4n) is 4.12. The van der Waals surface area contributed by atoms with Gasteiger partial charge in [0.15, 0.2) is 0 Å². The first kappa shape index (κ1) is 21.0. The Hall–Kier alpha value is -3.84. The number of nitrogens with one attached hydrogen (secondary N) is 1. The topological polar surface area (TPSA) is 84.0 Å². The van der Waals surface area contributed by atoms with E-state index in [9.17, 15) is 4.79 Å². The van der Waals surface area contributed by atoms with Crippen molar-refractivity contribution < 1.29 is 4.74 Å². The van der Waals surface area contributed by atoms with Gasteiger partial charge in [-0.1, -0.05) is 18.2 Å². The van der Waals surface area contributed by atoms with E-state index in [1.54, 1.807) is 12.4 Å². The fraction of sp³-hybridized carbons (Fsp3) is 0.231. The summed E-state index contributed by atoms with van der Waals surface area (Å²) in [4.78, 5) is 31.4. The lowest BCUT2D eigenvalue weighted by molar-refractivity contribution is 0.241. The van der Waals surface area contributed by atoms with Gasteiger partial charge in [0.2, 0.25) is 0 Å². The first-order chi connectivity index (χ1) is 16.2. The van der Waals surface area contributed by atoms with Gasteiger partial charge >= 0.3 is 0 Å². The highest BCUT2D eigenvalue weighted by atomic mass is 16.5. The lowest BCUT2D eigenvalue weighted by Gasteiger charge is -2.27. The molecule has 4 heterocycles. The number of nitrogens with zero attached hydrogens (tertiary/aromatic N) is 4. The standard InChI is InChI=1S/C26H25N5O2/c1-2-33-21-5-3-4-20(14-21)23-7-6-18(15-28-23)16-31-13-10-24-22(17-31)26(32)30-25(29-24)19-8-11-27-12-9-19/h3-9,11-12,14-15H,2,10,13,16-17H2,1H3,(H,29,30,32). The van der Waals surface area contributed by atoms with E-state index in [4.69, 9.17) is 9.72 Å². The molecule has 0 saturated heterocycles. The van der Waals surface area contributed by atoms with Gasteiger partial charge in [-0.3, -0.25) is 19.7 Å². The van der Waals surface area contributed by atoms with Gasteiger partial charge in [-0.15, -0.1) is 0 Å². The van der Waals surface area contributed by atoms with Crippen LogP contribution >= 0.6 is 0 Å². The molecule has 4 aromatic rings. The van der Waals surface area contributed by atoms with E-state index < -0.39 is 0 Å². The molecular weight excluding hydrogens is 414 g/mol. The lowest BCUT2D eigenvalue weighted by atomic mass is 10.1. The van der Waals surface area contributed by atoms with Gasteiger partial charge in [-0.25, -0.2) is 4.98 Å². The molecule has 0 atom stereocenters. The van der Waals surface area contributed by atoms with Gasteiger partial charge in [0, 0.05) is 55.8 Å². The molecule has 1 N–H and O–H groups in total. The van der Waals surface area contributed by atoms with E-state index in [1.807, 2.05) is 55.6 Å². The second kappa shape index (κ2) is 9.34. The highest BCUT2D eigenvalue weighted by Gasteiger charge is 2.21. The number of ether oxygens (including phenoxy) is 1. The normalized spacial score (nSPS) is 13.5. The molecule has 166 valence electrons. The number of fused-ring (bicyclic) bond motifs is 1. The molecule has 0 aliphatic carbocycles. The zero-order valence-corrected chi connectivity index (χ0v) is 18.5. The number of aromatic amines is 1. The van der Waals surface area contributed by atoms with Crippen LogP contribution in [0.4, 0.5) is 0 Å². The van der Waals surface area contributed by atoms with Crippen LogP contribution in [0.1, 0.15) is 23.7 Å². The number of hydrogen-bond donors (Lipinski definition) is 1. The molecule has 0 spiro atoms. The summed E-state index contributed by atoms with van der Waals surface area (Å²) < 4.78 is 5.59. The number of pyridine rings is 2. The van der Waals surface area contributed by atoms with Crippen molar-refractivity contribution in [1.82, 2.24) is 24.8 Å². The molecule has 0 bridgehead atoms. The van der Waals surface area contributed by atoms with Crippen molar-refractivity contribution in [3.8, 4) is 28.4 Å². The Kier molecular flexibility index (Phi) is 5.95. The minimum atomic E-state index is -0.0702. The maximum absolute atomic E-state index is 12.8. The maximum atomic E-state index is 12.8. The summed E-state index contributed by atoms with van der Waals surface area (Å²) >= 11 is 0. The minimum Gasteiger partial charge on any atom is -0.494 e. The van der Waals surface area contributed by atoms with E-state index in [0.717, 1.165) is 58.9 Å². The van der Waals surface area contributed by atoms with E-state index >= 15 is 0 Å². The summed E-state index contributed by atoms with van der Waals surface area (Å²) in [7, 11) is 0. The average Bonchev–Trinajstić information content (AvgIpc) is 2.86. The van der Waals surface area contributed by atoms with Crippen molar-refractivity contribution in [2.45, 2.75) is 26.4 Å². The molecule has 7 heteroatoms. The molecule has 33 heavy (non-hydrogen) atoms. The molecule has 0 unspecified atom stereocenters. The van der Waals surface area contributed by atoms with Crippen LogP contribution in [0.2, 0.25) is 0 Å². The first-order valence-electron chi connectivity index (χ1n) is 11.1. The summed E-state index contributed by atoms with van der Waals surface area (Å²) in [5.41, 5.74) is 5.47. The van der Waals surface area contributed by atoms with Crippen molar-refractivity contribution in [3.63, 3.8) is 0 Å². The zero-order chi connectivity index (χ0) is 22.6. The Morgan fingerprint density at radius 1 is 1.09 bits per heavy atom. The summed E-state index contributed by atoms with van der Waals surface area (Å²) in [5.74, 6) is 1.45. The molecule has 0 amide bonds. The van der Waals surface area contributed by atoms with Gasteiger partial charge in [-0.05, 0) is 42.8 Å². The predicted molar refractivity (Wildman–Crippen MR) is 127 cm³/mol. The summed E-state index contributed by atoms with van der Waals surface area (Å²) in [6, 6.07) is 15.8. The van der Waals surface area contributed by atoms with Crippen molar-refractivity contribution in [1.29, 1.82) is 0 Å². The van der Waals surface area contributed by atoms with E-state index in [2.05, 4.69) is 25.9 Å². The molecule has 0 saturated carbocycles. The largest absolute Gasteiger partial charge is 0.494 e. The highest BCUT2D eigenvalue weighted by molar-refractivity contribution is 5.61. The molecule has 1 aliphatic heterocycles. The van der Waals surface area contributed by atoms with Crippen molar-refractivity contribution >= 4 is 0 Å². The third-order valence-electron chi connectivity index (χ3n) is 5.77. The van der Waals surface area contributed by atoms with E-state index in [1.165, 1.54) is 0 Å². The number of rotatable bonds is 6. The van der Waals surface area contributed by atoms with Gasteiger partial charge in [0.1, 0.15) is 11.6 Å². The van der Waals surface area contributed by atoms with Crippen LogP contribution in [0.5, 0.6) is 5.75 Å². The van der Waals surface area contributed by atoms with Crippen molar-refractivity contribution in [3.05, 3.63) is 94.3 Å². The lowest BCUT2D eigenvalue weighted by Crippen LogP contribution is -2.35. The number of aromatic nitrogens is 4. The summed E-state index contributed by atoms with van der Waals surface area (Å²) in [5, 5.41) is 0. The average molecular weight is 440 g/mol. The predicted octanol–water partition coefficient (Wildman–Crippen LogP) is 3.85. The Balaban J connectivity index is 1.29. The van der Waals surface area contributed by atoms with Crippen LogP contribution in [0, 0.1) is 0 Å². The maximum Gasteiger partial charge on any atom is 0.255 e. The Morgan fingerprint density at radius 3 is 2.76 bits per heavy atom. The van der Waals surface area contributed by atoms with Gasteiger partial charge in [0.05, 0.1) is 23.6 Å². The third kappa shape index (κ3) is 4.68. The zero-order valence-electron chi connectivity index (χ0n) is 18.5. The second-order valence-corrected chi connectivity index (χ2v) is 8.05. The van der Waals surface area contributed by atoms with E-state index in [0.29, 0.717) is 19.0 Å². The quantitative estimate of drug-likeness (QED) is 0.491. The van der Waals surface area contributed by atoms with Crippen LogP contribution < -0.4 is 10.3 Å². The Bertz CT molecular complexity index is 1300. The van der Waals surface area contributed by atoms with Gasteiger partial charge in [-0.2, -0.15) is 0 Å². The summed E-state index contributed by atoms with van der Waals surface area (Å²) in [6.07, 6.45) is 6.05. The Labute approximate surface area is 192 Å². The van der Waals surface area contributed by atoms with Crippen LogP contribution in [-0.4, -0.2) is 38.0 Å². The van der Waals surface area contributed by atoms with Crippen LogP contribution in [0.25, 0.3) is 22.6 Å². The highest BCUT2D eigenvalue weighted by Crippen LogP contribution is 2.24. The fourth-order valence-corrected chi connectivity index (χ4v) is 4.12. The van der Waals surface area contributed by atoms with Crippen LogP contribution in [-0.2, 0) is 19.5 Å². The molecule has 1 aromatic carbocycles. The smallest absolute Gasteiger partial charge is 0.255 e. The molecule has 1 aliphatic rings. The molecule has 0 fully saturated rings. The minimum absolute atomic E-state index is 0.0702. The van der Waals surface area contributed by atoms with Gasteiger partial charge < -0.3 is 9.72 Å². The number of H-pyrrole nitrogens is 1. The van der Waals surface area contributed by atoms with Gasteiger partial charge in [0.25, 0.3) is 5.56 Å². The number of benzene rings is 1. The second-order valence-electron chi connectivity index (χ2n) is 8.05. The van der Waals surface area contributed by atoms with E-state index in [-0.39, 0.29) is 5.56 Å².